The summed E-state index contributed by atoms with van der Waals surface area (Å²) in [5.41, 5.74) is 2.24. The zero-order chi connectivity index (χ0) is 18.8. The Kier molecular flexibility index (Phi) is 5.27. The van der Waals surface area contributed by atoms with Crippen LogP contribution in [0.25, 0.3) is 0 Å². The summed E-state index contributed by atoms with van der Waals surface area (Å²) >= 11 is 1.82. The van der Waals surface area contributed by atoms with Crippen LogP contribution >= 0.6 is 11.8 Å². The standard InChI is InChI=1S/C21H24N2O3S/c1-3-26-19-18-14-27-20(16-7-5-4-6-8-16)23(18)21(24)22(19)13-15-9-11-17(25-2)12-10-15/h4-12,18-20H,3,13-14H2,1-2H3/t18-,19?,20?/m0/s1. The van der Waals surface area contributed by atoms with E-state index in [9.17, 15) is 4.79 Å². The highest BCUT2D eigenvalue weighted by Gasteiger charge is 2.53. The second-order valence-corrected chi connectivity index (χ2v) is 7.79. The first-order chi connectivity index (χ1) is 13.2. The van der Waals surface area contributed by atoms with Crippen LogP contribution in [-0.4, -0.2) is 47.6 Å². The van der Waals surface area contributed by atoms with E-state index in [2.05, 4.69) is 12.1 Å². The van der Waals surface area contributed by atoms with Crippen LogP contribution < -0.4 is 4.74 Å². The molecule has 2 aliphatic rings. The molecule has 0 bridgehead atoms. The monoisotopic (exact) mass is 384 g/mol. The molecule has 2 saturated heterocycles. The van der Waals surface area contributed by atoms with E-state index < -0.39 is 0 Å². The molecule has 2 aromatic carbocycles. The molecule has 4 rings (SSSR count). The maximum Gasteiger partial charge on any atom is 0.324 e. The fraction of sp³-hybridized carbons (Fsp3) is 0.381. The molecule has 2 unspecified atom stereocenters. The maximum absolute atomic E-state index is 13.3. The summed E-state index contributed by atoms with van der Waals surface area (Å²) in [5, 5.41) is 0.0486. The fourth-order valence-electron chi connectivity index (χ4n) is 3.78. The molecule has 0 spiro atoms. The first-order valence-corrected chi connectivity index (χ1v) is 10.3. The molecule has 6 heteroatoms. The number of hydrogen-bond acceptors (Lipinski definition) is 4. The number of hydrogen-bond donors (Lipinski definition) is 0. The van der Waals surface area contributed by atoms with E-state index in [4.69, 9.17) is 9.47 Å². The number of urea groups is 1. The summed E-state index contributed by atoms with van der Waals surface area (Å²) in [5.74, 6) is 1.70. The molecule has 2 aliphatic heterocycles. The minimum atomic E-state index is -0.217. The molecule has 5 nitrogen and oxygen atoms in total. The molecular weight excluding hydrogens is 360 g/mol. The number of rotatable bonds is 6. The lowest BCUT2D eigenvalue weighted by atomic mass is 10.2. The summed E-state index contributed by atoms with van der Waals surface area (Å²) in [6.07, 6.45) is -0.217. The van der Waals surface area contributed by atoms with Gasteiger partial charge in [-0.3, -0.25) is 4.90 Å². The van der Waals surface area contributed by atoms with E-state index in [-0.39, 0.29) is 23.7 Å². The molecule has 0 aliphatic carbocycles. The number of thioether (sulfide) groups is 1. The van der Waals surface area contributed by atoms with Crippen molar-refractivity contribution in [3.63, 3.8) is 0 Å². The maximum atomic E-state index is 13.3. The predicted octanol–water partition coefficient (Wildman–Crippen LogP) is 4.11. The highest BCUT2D eigenvalue weighted by atomic mass is 32.2. The zero-order valence-electron chi connectivity index (χ0n) is 15.6. The molecule has 3 atom stereocenters. The van der Waals surface area contributed by atoms with E-state index in [0.29, 0.717) is 13.2 Å². The largest absolute Gasteiger partial charge is 0.497 e. The van der Waals surface area contributed by atoms with Crippen molar-refractivity contribution >= 4 is 17.8 Å². The van der Waals surface area contributed by atoms with Crippen molar-refractivity contribution in [3.05, 3.63) is 65.7 Å². The van der Waals surface area contributed by atoms with Gasteiger partial charge in [0.05, 0.1) is 19.7 Å². The minimum Gasteiger partial charge on any atom is -0.497 e. The van der Waals surface area contributed by atoms with Crippen LogP contribution in [0, 0.1) is 0 Å². The lowest BCUT2D eigenvalue weighted by Gasteiger charge is -2.26. The second-order valence-electron chi connectivity index (χ2n) is 6.68. The Balaban J connectivity index is 1.59. The van der Waals surface area contributed by atoms with Gasteiger partial charge in [-0.1, -0.05) is 42.5 Å². The molecule has 27 heavy (non-hydrogen) atoms. The first-order valence-electron chi connectivity index (χ1n) is 9.23. The SMILES string of the molecule is CCOC1[C@@H]2CSC(c3ccccc3)N2C(=O)N1Cc1ccc(OC)cc1. The average Bonchev–Trinajstić information content (AvgIpc) is 3.25. The molecule has 0 aromatic heterocycles. The van der Waals surface area contributed by atoms with Crippen molar-refractivity contribution in [1.82, 2.24) is 9.80 Å². The summed E-state index contributed by atoms with van der Waals surface area (Å²) < 4.78 is 11.3. The number of carbonyl (C=O) groups is 1. The number of fused-ring (bicyclic) bond motifs is 1. The van der Waals surface area contributed by atoms with E-state index in [1.165, 1.54) is 5.56 Å². The van der Waals surface area contributed by atoms with E-state index in [1.807, 2.05) is 71.0 Å². The Morgan fingerprint density at radius 1 is 1.11 bits per heavy atom. The molecule has 0 saturated carbocycles. The molecule has 2 aromatic rings. The number of carbonyl (C=O) groups excluding carboxylic acids is 1. The van der Waals surface area contributed by atoms with Crippen molar-refractivity contribution in [3.8, 4) is 5.75 Å². The van der Waals surface area contributed by atoms with Gasteiger partial charge in [0.1, 0.15) is 11.1 Å². The van der Waals surface area contributed by atoms with Crippen LogP contribution in [0.15, 0.2) is 54.6 Å². The second kappa shape index (κ2) is 7.82. The van der Waals surface area contributed by atoms with Crippen LogP contribution in [0.3, 0.4) is 0 Å². The lowest BCUT2D eigenvalue weighted by molar-refractivity contribution is -0.0314. The Hall–Kier alpha value is -2.18. The normalized spacial score (nSPS) is 24.4. The number of nitrogens with zero attached hydrogens (tertiary/aromatic N) is 2. The molecule has 0 radical (unpaired) electrons. The van der Waals surface area contributed by atoms with Gasteiger partial charge in [-0.05, 0) is 30.2 Å². The van der Waals surface area contributed by atoms with Crippen LogP contribution in [-0.2, 0) is 11.3 Å². The quantitative estimate of drug-likeness (QED) is 0.752. The van der Waals surface area contributed by atoms with E-state index in [0.717, 1.165) is 17.1 Å². The summed E-state index contributed by atoms with van der Waals surface area (Å²) in [6, 6.07) is 18.2. The van der Waals surface area contributed by atoms with Gasteiger partial charge in [-0.25, -0.2) is 4.79 Å². The summed E-state index contributed by atoms with van der Waals surface area (Å²) in [7, 11) is 1.65. The van der Waals surface area contributed by atoms with Crippen LogP contribution in [0.2, 0.25) is 0 Å². The van der Waals surface area contributed by atoms with Gasteiger partial charge in [0.15, 0.2) is 6.23 Å². The van der Waals surface area contributed by atoms with Crippen LogP contribution in [0.1, 0.15) is 23.4 Å². The average molecular weight is 385 g/mol. The first kappa shape index (κ1) is 18.2. The zero-order valence-corrected chi connectivity index (χ0v) is 16.4. The van der Waals surface area contributed by atoms with Crippen molar-refractivity contribution in [2.75, 3.05) is 19.5 Å². The van der Waals surface area contributed by atoms with Gasteiger partial charge in [0, 0.05) is 12.4 Å². The molecule has 2 amide bonds. The van der Waals surface area contributed by atoms with Gasteiger partial charge in [-0.2, -0.15) is 0 Å². The smallest absolute Gasteiger partial charge is 0.324 e. The molecule has 2 heterocycles. The fourth-order valence-corrected chi connectivity index (χ4v) is 5.24. The van der Waals surface area contributed by atoms with Crippen LogP contribution in [0.4, 0.5) is 4.79 Å². The highest BCUT2D eigenvalue weighted by molar-refractivity contribution is 7.99. The van der Waals surface area contributed by atoms with Gasteiger partial charge >= 0.3 is 6.03 Å². The van der Waals surface area contributed by atoms with E-state index in [1.54, 1.807) is 7.11 Å². The number of benzene rings is 2. The van der Waals surface area contributed by atoms with Crippen molar-refractivity contribution in [2.24, 2.45) is 0 Å². The topological polar surface area (TPSA) is 42.0 Å². The highest BCUT2D eigenvalue weighted by Crippen LogP contribution is 2.47. The lowest BCUT2D eigenvalue weighted by Crippen LogP contribution is -2.39. The van der Waals surface area contributed by atoms with Crippen molar-refractivity contribution in [1.29, 1.82) is 0 Å². The Bertz CT molecular complexity index is 784. The van der Waals surface area contributed by atoms with Crippen molar-refractivity contribution < 1.29 is 14.3 Å². The molecular formula is C21H24N2O3S. The number of ether oxygens (including phenoxy) is 2. The number of methoxy groups -OCH3 is 1. The van der Waals surface area contributed by atoms with E-state index >= 15 is 0 Å². The van der Waals surface area contributed by atoms with Gasteiger partial charge in [0.2, 0.25) is 0 Å². The minimum absolute atomic E-state index is 0.0486. The third-order valence-corrected chi connectivity index (χ3v) is 6.42. The summed E-state index contributed by atoms with van der Waals surface area (Å²) in [4.78, 5) is 17.2. The predicted molar refractivity (Wildman–Crippen MR) is 107 cm³/mol. The van der Waals surface area contributed by atoms with Gasteiger partial charge in [-0.15, -0.1) is 11.8 Å². The molecule has 2 fully saturated rings. The molecule has 0 N–H and O–H groups in total. The van der Waals surface area contributed by atoms with Crippen LogP contribution in [0.5, 0.6) is 5.75 Å². The third kappa shape index (κ3) is 3.39. The number of amides is 2. The molecule has 142 valence electrons. The Morgan fingerprint density at radius 3 is 2.52 bits per heavy atom. The Morgan fingerprint density at radius 2 is 1.85 bits per heavy atom. The Labute approximate surface area is 164 Å². The summed E-state index contributed by atoms with van der Waals surface area (Å²) in [6.45, 7) is 3.10. The van der Waals surface area contributed by atoms with Crippen molar-refractivity contribution in [2.45, 2.75) is 31.1 Å². The third-order valence-electron chi connectivity index (χ3n) is 5.07. The van der Waals surface area contributed by atoms with Gasteiger partial charge in [0.25, 0.3) is 0 Å². The van der Waals surface area contributed by atoms with Gasteiger partial charge < -0.3 is 14.4 Å².